The van der Waals surface area contributed by atoms with Crippen molar-refractivity contribution in [2.75, 3.05) is 52.1 Å². The van der Waals surface area contributed by atoms with Crippen molar-refractivity contribution in [2.24, 2.45) is 0 Å². The topological polar surface area (TPSA) is 40.2 Å². The first-order valence-corrected chi connectivity index (χ1v) is 9.19. The summed E-state index contributed by atoms with van der Waals surface area (Å²) >= 11 is 0. The Balaban J connectivity index is 1.95. The average Bonchev–Trinajstić information content (AvgIpc) is 2.74. The lowest BCUT2D eigenvalue weighted by atomic mass is 10.0. The minimum Gasteiger partial charge on any atom is -0.487 e. The Morgan fingerprint density at radius 2 is 1.68 bits per heavy atom. The quantitative estimate of drug-likeness (QED) is 0.488. The van der Waals surface area contributed by atoms with Gasteiger partial charge in [0, 0.05) is 43.6 Å². The van der Waals surface area contributed by atoms with Crippen LogP contribution in [0.1, 0.15) is 11.1 Å². The Hall–Kier alpha value is -2.94. The predicted molar refractivity (Wildman–Crippen MR) is 112 cm³/mol. The number of fused-ring (bicyclic) bond motifs is 1. The SMILES string of the molecule is C#Cc1cccc(N2CC=Cc3cc(OCCOC)c(OCCOC)cc32)c1. The molecule has 0 saturated heterocycles. The van der Waals surface area contributed by atoms with E-state index in [0.717, 1.165) is 29.0 Å². The van der Waals surface area contributed by atoms with Crippen LogP contribution in [0, 0.1) is 12.3 Å². The van der Waals surface area contributed by atoms with Gasteiger partial charge in [-0.1, -0.05) is 24.1 Å². The van der Waals surface area contributed by atoms with E-state index in [-0.39, 0.29) is 0 Å². The molecule has 1 aliphatic rings. The van der Waals surface area contributed by atoms with Gasteiger partial charge in [-0.2, -0.15) is 0 Å². The van der Waals surface area contributed by atoms with Crippen LogP contribution in [-0.2, 0) is 9.47 Å². The number of hydrogen-bond donors (Lipinski definition) is 0. The van der Waals surface area contributed by atoms with Crippen LogP contribution in [0.15, 0.2) is 42.5 Å². The molecule has 2 aromatic carbocycles. The number of benzene rings is 2. The highest BCUT2D eigenvalue weighted by molar-refractivity contribution is 5.80. The molecule has 0 N–H and O–H groups in total. The lowest BCUT2D eigenvalue weighted by Crippen LogP contribution is -2.21. The maximum Gasteiger partial charge on any atom is 0.163 e. The summed E-state index contributed by atoms with van der Waals surface area (Å²) in [6, 6.07) is 12.0. The zero-order valence-corrected chi connectivity index (χ0v) is 16.3. The molecule has 0 saturated carbocycles. The van der Waals surface area contributed by atoms with E-state index in [4.69, 9.17) is 25.4 Å². The van der Waals surface area contributed by atoms with E-state index >= 15 is 0 Å². The first kappa shape index (κ1) is 19.8. The fourth-order valence-electron chi connectivity index (χ4n) is 3.02. The zero-order chi connectivity index (χ0) is 19.8. The predicted octanol–water partition coefficient (Wildman–Crippen LogP) is 3.88. The van der Waals surface area contributed by atoms with Crippen LogP contribution < -0.4 is 14.4 Å². The number of hydrogen-bond acceptors (Lipinski definition) is 5. The fraction of sp³-hybridized carbons (Fsp3) is 0.304. The lowest BCUT2D eigenvalue weighted by molar-refractivity contribution is 0.132. The number of methoxy groups -OCH3 is 2. The van der Waals surface area contributed by atoms with Crippen LogP contribution in [0.25, 0.3) is 6.08 Å². The molecule has 146 valence electrons. The molecule has 0 fully saturated rings. The van der Waals surface area contributed by atoms with Gasteiger partial charge in [0.25, 0.3) is 0 Å². The third-order valence-corrected chi connectivity index (χ3v) is 4.38. The van der Waals surface area contributed by atoms with Crippen molar-refractivity contribution in [3.63, 3.8) is 0 Å². The molecule has 1 heterocycles. The van der Waals surface area contributed by atoms with E-state index in [9.17, 15) is 0 Å². The lowest BCUT2D eigenvalue weighted by Gasteiger charge is -2.29. The van der Waals surface area contributed by atoms with Crippen LogP contribution in [0.2, 0.25) is 0 Å². The molecule has 5 nitrogen and oxygen atoms in total. The Morgan fingerprint density at radius 1 is 0.964 bits per heavy atom. The molecule has 0 spiro atoms. The van der Waals surface area contributed by atoms with Gasteiger partial charge in [0.15, 0.2) is 11.5 Å². The summed E-state index contributed by atoms with van der Waals surface area (Å²) in [5.74, 6) is 4.07. The summed E-state index contributed by atoms with van der Waals surface area (Å²) < 4.78 is 22.0. The molecule has 3 rings (SSSR count). The molecule has 5 heteroatoms. The number of rotatable bonds is 9. The molecular formula is C23H25NO4. The number of nitrogens with zero attached hydrogens (tertiary/aromatic N) is 1. The molecule has 0 unspecified atom stereocenters. The fourth-order valence-corrected chi connectivity index (χ4v) is 3.02. The number of terminal acetylenes is 1. The van der Waals surface area contributed by atoms with Crippen LogP contribution in [-0.4, -0.2) is 47.2 Å². The molecule has 0 aromatic heterocycles. The summed E-state index contributed by atoms with van der Waals surface area (Å²) in [4.78, 5) is 2.21. The molecule has 0 atom stereocenters. The highest BCUT2D eigenvalue weighted by Gasteiger charge is 2.19. The van der Waals surface area contributed by atoms with Gasteiger partial charge in [0.2, 0.25) is 0 Å². The maximum atomic E-state index is 5.93. The van der Waals surface area contributed by atoms with Gasteiger partial charge in [-0.15, -0.1) is 6.42 Å². The van der Waals surface area contributed by atoms with Crippen LogP contribution >= 0.6 is 0 Å². The van der Waals surface area contributed by atoms with Gasteiger partial charge in [-0.25, -0.2) is 0 Å². The Bertz CT molecular complexity index is 869. The summed E-state index contributed by atoms with van der Waals surface area (Å²) in [6.45, 7) is 2.66. The summed E-state index contributed by atoms with van der Waals surface area (Å²) in [7, 11) is 3.30. The monoisotopic (exact) mass is 379 g/mol. The third kappa shape index (κ3) is 4.66. The second kappa shape index (κ2) is 9.84. The molecule has 0 radical (unpaired) electrons. The number of ether oxygens (including phenoxy) is 4. The van der Waals surface area contributed by atoms with Gasteiger partial charge in [0.05, 0.1) is 18.9 Å². The Morgan fingerprint density at radius 3 is 2.36 bits per heavy atom. The minimum atomic E-state index is 0.443. The summed E-state index contributed by atoms with van der Waals surface area (Å²) in [5, 5.41) is 0. The molecule has 1 aliphatic heterocycles. The van der Waals surface area contributed by atoms with Crippen molar-refractivity contribution in [3.05, 3.63) is 53.6 Å². The van der Waals surface area contributed by atoms with Gasteiger partial charge in [-0.05, 0) is 24.3 Å². The van der Waals surface area contributed by atoms with Crippen molar-refractivity contribution in [3.8, 4) is 23.8 Å². The van der Waals surface area contributed by atoms with Crippen LogP contribution in [0.4, 0.5) is 11.4 Å². The van der Waals surface area contributed by atoms with Crippen molar-refractivity contribution in [1.29, 1.82) is 0 Å². The van der Waals surface area contributed by atoms with E-state index in [1.54, 1.807) is 14.2 Å². The summed E-state index contributed by atoms with van der Waals surface area (Å²) in [5.41, 5.74) is 3.99. The van der Waals surface area contributed by atoms with E-state index in [2.05, 4.69) is 29.0 Å². The minimum absolute atomic E-state index is 0.443. The van der Waals surface area contributed by atoms with E-state index in [1.807, 2.05) is 30.3 Å². The van der Waals surface area contributed by atoms with E-state index in [0.29, 0.717) is 37.9 Å². The smallest absolute Gasteiger partial charge is 0.163 e. The first-order valence-electron chi connectivity index (χ1n) is 9.19. The van der Waals surface area contributed by atoms with Gasteiger partial charge in [0.1, 0.15) is 13.2 Å². The molecule has 0 bridgehead atoms. The maximum absolute atomic E-state index is 5.93. The third-order valence-electron chi connectivity index (χ3n) is 4.38. The average molecular weight is 379 g/mol. The Kier molecular flexibility index (Phi) is 6.96. The van der Waals surface area contributed by atoms with Crippen molar-refractivity contribution < 1.29 is 18.9 Å². The van der Waals surface area contributed by atoms with E-state index in [1.165, 1.54) is 0 Å². The standard InChI is InChI=1S/C23H25NO4/c1-4-18-7-5-9-20(15-18)24-10-6-8-19-16-22(27-13-11-25-2)23(17-21(19)24)28-14-12-26-3/h1,5-9,15-17H,10-14H2,2-3H3. The van der Waals surface area contributed by atoms with Crippen molar-refractivity contribution in [2.45, 2.75) is 0 Å². The second-order valence-electron chi connectivity index (χ2n) is 6.25. The largest absolute Gasteiger partial charge is 0.487 e. The first-order chi connectivity index (χ1) is 13.8. The van der Waals surface area contributed by atoms with Crippen molar-refractivity contribution in [1.82, 2.24) is 0 Å². The zero-order valence-electron chi connectivity index (χ0n) is 16.3. The highest BCUT2D eigenvalue weighted by atomic mass is 16.5. The van der Waals surface area contributed by atoms with E-state index < -0.39 is 0 Å². The van der Waals surface area contributed by atoms with Gasteiger partial charge >= 0.3 is 0 Å². The van der Waals surface area contributed by atoms with Crippen molar-refractivity contribution >= 4 is 17.5 Å². The molecule has 0 amide bonds. The van der Waals surface area contributed by atoms with Crippen LogP contribution in [0.3, 0.4) is 0 Å². The normalized spacial score (nSPS) is 12.4. The highest BCUT2D eigenvalue weighted by Crippen LogP contribution is 2.40. The van der Waals surface area contributed by atoms with Gasteiger partial charge in [-0.3, -0.25) is 0 Å². The summed E-state index contributed by atoms with van der Waals surface area (Å²) in [6.07, 6.45) is 9.79. The molecular weight excluding hydrogens is 354 g/mol. The number of anilines is 2. The molecule has 28 heavy (non-hydrogen) atoms. The van der Waals surface area contributed by atoms with Gasteiger partial charge < -0.3 is 23.8 Å². The molecule has 2 aromatic rings. The Labute approximate surface area is 166 Å². The second-order valence-corrected chi connectivity index (χ2v) is 6.25. The van der Waals surface area contributed by atoms with Crippen LogP contribution in [0.5, 0.6) is 11.5 Å². The molecule has 0 aliphatic carbocycles.